The van der Waals surface area contributed by atoms with Crippen molar-refractivity contribution in [2.45, 2.75) is 18.4 Å². The van der Waals surface area contributed by atoms with Gasteiger partial charge in [-0.25, -0.2) is 23.4 Å². The number of anilines is 2. The van der Waals surface area contributed by atoms with Crippen LogP contribution in [0, 0.1) is 6.92 Å². The first-order chi connectivity index (χ1) is 20.2. The molecular weight excluding hydrogens is 586 g/mol. The van der Waals surface area contributed by atoms with Gasteiger partial charge < -0.3 is 24.4 Å². The number of hydrogen-bond donors (Lipinski definition) is 1. The quantitative estimate of drug-likeness (QED) is 0.292. The van der Waals surface area contributed by atoms with Gasteiger partial charge in [-0.2, -0.15) is 4.31 Å². The third-order valence-electron chi connectivity index (χ3n) is 6.73. The Morgan fingerprint density at radius 1 is 1.00 bits per heavy atom. The first-order valence-corrected chi connectivity index (χ1v) is 15.0. The molecule has 0 spiro atoms. The highest BCUT2D eigenvalue weighted by atomic mass is 32.2. The fourth-order valence-electron chi connectivity index (χ4n) is 4.76. The second-order valence-corrected chi connectivity index (χ2v) is 12.3. The van der Waals surface area contributed by atoms with Gasteiger partial charge in [-0.05, 0) is 13.0 Å². The lowest BCUT2D eigenvalue weighted by Gasteiger charge is -2.33. The van der Waals surface area contributed by atoms with Crippen molar-refractivity contribution >= 4 is 49.1 Å². The molecule has 14 nitrogen and oxygen atoms in total. The summed E-state index contributed by atoms with van der Waals surface area (Å²) in [6.45, 7) is 2.44. The minimum absolute atomic E-state index is 0.0330. The van der Waals surface area contributed by atoms with E-state index in [9.17, 15) is 18.0 Å². The molecule has 0 bridgehead atoms. The van der Waals surface area contributed by atoms with Gasteiger partial charge in [0, 0.05) is 61.3 Å². The molecule has 0 saturated carbocycles. The van der Waals surface area contributed by atoms with Crippen molar-refractivity contribution < 1.29 is 27.4 Å². The molecule has 4 heterocycles. The van der Waals surface area contributed by atoms with E-state index in [2.05, 4.69) is 20.3 Å². The van der Waals surface area contributed by atoms with E-state index in [1.165, 1.54) is 32.0 Å². The van der Waals surface area contributed by atoms with E-state index >= 15 is 0 Å². The number of nitrogens with zero attached hydrogens (tertiary/aromatic N) is 6. The largest absolute Gasteiger partial charge is 0.493 e. The zero-order valence-corrected chi connectivity index (χ0v) is 25.0. The Hall–Kier alpha value is -4.28. The van der Waals surface area contributed by atoms with Crippen molar-refractivity contribution in [2.75, 3.05) is 57.7 Å². The fourth-order valence-corrected chi connectivity index (χ4v) is 7.85. The Balaban J connectivity index is 1.39. The summed E-state index contributed by atoms with van der Waals surface area (Å²) in [7, 11) is 0.337. The van der Waals surface area contributed by atoms with Crippen LogP contribution in [0.25, 0.3) is 10.2 Å². The van der Waals surface area contributed by atoms with Crippen LogP contribution in [0.4, 0.5) is 11.6 Å². The molecule has 1 aliphatic rings. The lowest BCUT2D eigenvalue weighted by Crippen LogP contribution is -2.49. The minimum Gasteiger partial charge on any atom is -0.493 e. The van der Waals surface area contributed by atoms with E-state index in [-0.39, 0.29) is 28.2 Å². The standard InChI is InChI=1S/C26H29N7O7S2/c1-16-23(42(36,37)33-10-8-31(9-11-33)26-27-6-5-7-28-26)21-24(41-16)29-15-32(25(21)35)14-20(34)30-17-12-18(38-2)22(40-4)19(13-17)39-3/h5-7,12-13,15H,8-11,14H2,1-4H3,(H,30,34). The average Bonchev–Trinajstić information content (AvgIpc) is 3.35. The number of fused-ring (bicyclic) bond motifs is 1. The molecule has 0 unspecified atom stereocenters. The van der Waals surface area contributed by atoms with Crippen LogP contribution in [0.5, 0.6) is 17.2 Å². The Bertz CT molecular complexity index is 1760. The maximum atomic E-state index is 13.8. The number of carbonyl (C=O) groups excluding carboxylic acids is 1. The molecule has 5 rings (SSSR count). The molecule has 0 aliphatic carbocycles. The van der Waals surface area contributed by atoms with Gasteiger partial charge in [0.25, 0.3) is 5.56 Å². The monoisotopic (exact) mass is 615 g/mol. The van der Waals surface area contributed by atoms with Crippen molar-refractivity contribution in [3.63, 3.8) is 0 Å². The lowest BCUT2D eigenvalue weighted by molar-refractivity contribution is -0.116. The van der Waals surface area contributed by atoms with Crippen LogP contribution in [0.15, 0.2) is 46.6 Å². The Morgan fingerprint density at radius 3 is 2.24 bits per heavy atom. The number of benzene rings is 1. The molecule has 16 heteroatoms. The average molecular weight is 616 g/mol. The predicted molar refractivity (Wildman–Crippen MR) is 156 cm³/mol. The van der Waals surface area contributed by atoms with Crippen LogP contribution in [0.2, 0.25) is 0 Å². The van der Waals surface area contributed by atoms with Gasteiger partial charge in [-0.3, -0.25) is 14.2 Å². The van der Waals surface area contributed by atoms with Crippen molar-refractivity contribution in [1.29, 1.82) is 0 Å². The molecule has 1 fully saturated rings. The van der Waals surface area contributed by atoms with Gasteiger partial charge in [0.15, 0.2) is 11.5 Å². The van der Waals surface area contributed by atoms with E-state index < -0.39 is 28.0 Å². The number of amides is 1. The number of piperazine rings is 1. The second kappa shape index (κ2) is 11.9. The smallest absolute Gasteiger partial charge is 0.263 e. The molecule has 0 atom stereocenters. The summed E-state index contributed by atoms with van der Waals surface area (Å²) in [5.74, 6) is 1.04. The summed E-state index contributed by atoms with van der Waals surface area (Å²) in [5.41, 5.74) is -0.273. The maximum absolute atomic E-state index is 13.8. The van der Waals surface area contributed by atoms with E-state index in [1.807, 2.05) is 4.90 Å². The summed E-state index contributed by atoms with van der Waals surface area (Å²) in [6, 6.07) is 4.83. The molecule has 1 saturated heterocycles. The fraction of sp³-hybridized carbons (Fsp3) is 0.346. The van der Waals surface area contributed by atoms with Crippen LogP contribution in [-0.4, -0.2) is 85.7 Å². The Kier molecular flexibility index (Phi) is 8.29. The van der Waals surface area contributed by atoms with Crippen LogP contribution in [0.3, 0.4) is 0 Å². The molecule has 42 heavy (non-hydrogen) atoms. The first kappa shape index (κ1) is 29.2. The van der Waals surface area contributed by atoms with Crippen LogP contribution >= 0.6 is 11.3 Å². The number of methoxy groups -OCH3 is 3. The third-order valence-corrected chi connectivity index (χ3v) is 9.95. The summed E-state index contributed by atoms with van der Waals surface area (Å²) in [6.07, 6.45) is 4.51. The molecule has 1 N–H and O–H groups in total. The number of carbonyl (C=O) groups is 1. The summed E-state index contributed by atoms with van der Waals surface area (Å²) in [4.78, 5) is 41.9. The van der Waals surface area contributed by atoms with Crippen molar-refractivity contribution in [1.82, 2.24) is 23.8 Å². The molecular formula is C26H29N7O7S2. The van der Waals surface area contributed by atoms with Gasteiger partial charge in [0.1, 0.15) is 16.3 Å². The SMILES string of the molecule is COc1cc(NC(=O)Cn2cnc3sc(C)c(S(=O)(=O)N4CCN(c5ncccn5)CC4)c3c2=O)cc(OC)c1OC. The number of hydrogen-bond acceptors (Lipinski definition) is 12. The topological polar surface area (TPSA) is 158 Å². The van der Waals surface area contributed by atoms with Gasteiger partial charge in [-0.15, -0.1) is 11.3 Å². The second-order valence-electron chi connectivity index (χ2n) is 9.25. The van der Waals surface area contributed by atoms with Crippen molar-refractivity contribution in [2.24, 2.45) is 0 Å². The number of nitrogens with one attached hydrogen (secondary N) is 1. The Labute approximate surface area is 245 Å². The molecule has 0 radical (unpaired) electrons. The van der Waals surface area contributed by atoms with Gasteiger partial charge in [-0.1, -0.05) is 0 Å². The minimum atomic E-state index is -4.04. The van der Waals surface area contributed by atoms with Crippen molar-refractivity contribution in [3.8, 4) is 17.2 Å². The Morgan fingerprint density at radius 2 is 1.64 bits per heavy atom. The molecule has 4 aromatic rings. The first-order valence-electron chi connectivity index (χ1n) is 12.8. The number of aryl methyl sites for hydroxylation is 1. The molecule has 222 valence electrons. The third kappa shape index (κ3) is 5.47. The van der Waals surface area contributed by atoms with Gasteiger partial charge >= 0.3 is 0 Å². The number of aromatic nitrogens is 4. The van der Waals surface area contributed by atoms with E-state index in [0.717, 1.165) is 15.9 Å². The predicted octanol–water partition coefficient (Wildman–Crippen LogP) is 1.73. The number of rotatable bonds is 9. The highest BCUT2D eigenvalue weighted by molar-refractivity contribution is 7.89. The van der Waals surface area contributed by atoms with Gasteiger partial charge in [0.2, 0.25) is 27.6 Å². The van der Waals surface area contributed by atoms with E-state index in [1.54, 1.807) is 37.5 Å². The highest BCUT2D eigenvalue weighted by Gasteiger charge is 2.34. The molecule has 3 aromatic heterocycles. The summed E-state index contributed by atoms with van der Waals surface area (Å²) in [5, 5.41) is 2.67. The molecule has 1 aliphatic heterocycles. The maximum Gasteiger partial charge on any atom is 0.263 e. The number of thiophene rings is 1. The lowest BCUT2D eigenvalue weighted by atomic mass is 10.2. The van der Waals surface area contributed by atoms with Crippen LogP contribution < -0.4 is 30.0 Å². The normalized spacial score (nSPS) is 14.1. The summed E-state index contributed by atoms with van der Waals surface area (Å²) < 4.78 is 46.0. The zero-order chi connectivity index (χ0) is 30.0. The van der Waals surface area contributed by atoms with Gasteiger partial charge in [0.05, 0.1) is 33.0 Å². The van der Waals surface area contributed by atoms with E-state index in [4.69, 9.17) is 14.2 Å². The molecule has 1 aromatic carbocycles. The molecule has 1 amide bonds. The zero-order valence-electron chi connectivity index (χ0n) is 23.4. The van der Waals surface area contributed by atoms with Crippen LogP contribution in [0.1, 0.15) is 4.88 Å². The van der Waals surface area contributed by atoms with Crippen molar-refractivity contribution in [3.05, 3.63) is 52.2 Å². The number of ether oxygens (including phenoxy) is 3. The highest BCUT2D eigenvalue weighted by Crippen LogP contribution is 2.40. The van der Waals surface area contributed by atoms with E-state index in [0.29, 0.717) is 46.9 Å². The van der Waals surface area contributed by atoms with Crippen LogP contribution in [-0.2, 0) is 21.4 Å². The summed E-state index contributed by atoms with van der Waals surface area (Å²) >= 11 is 1.12. The number of sulfonamides is 1.